The second kappa shape index (κ2) is 9.34. The maximum atomic E-state index is 12.3. The SMILES string of the molecule is Cc1ccn2c(=O)cc(COc3cccc(NC(=O)COc4ccccc4C)c3)nc2c1. The van der Waals surface area contributed by atoms with Crippen LogP contribution in [0.5, 0.6) is 11.5 Å². The third-order valence-electron chi connectivity index (χ3n) is 4.83. The maximum Gasteiger partial charge on any atom is 0.262 e. The second-order valence-corrected chi connectivity index (χ2v) is 7.44. The molecule has 1 amide bonds. The minimum atomic E-state index is -0.273. The fraction of sp³-hybridized carbons (Fsp3) is 0.160. The van der Waals surface area contributed by atoms with Gasteiger partial charge in [0.15, 0.2) is 6.61 Å². The van der Waals surface area contributed by atoms with E-state index in [1.807, 2.05) is 50.2 Å². The normalized spacial score (nSPS) is 10.7. The number of aromatic nitrogens is 2. The van der Waals surface area contributed by atoms with E-state index in [4.69, 9.17) is 9.47 Å². The van der Waals surface area contributed by atoms with Gasteiger partial charge in [0.25, 0.3) is 11.5 Å². The Morgan fingerprint density at radius 2 is 1.84 bits per heavy atom. The molecule has 4 rings (SSSR count). The van der Waals surface area contributed by atoms with Crippen molar-refractivity contribution < 1.29 is 14.3 Å². The van der Waals surface area contributed by atoms with Crippen LogP contribution in [-0.4, -0.2) is 21.9 Å². The Balaban J connectivity index is 1.38. The predicted molar refractivity (Wildman–Crippen MR) is 122 cm³/mol. The van der Waals surface area contributed by atoms with Gasteiger partial charge in [-0.15, -0.1) is 0 Å². The first kappa shape index (κ1) is 21.1. The number of hydrogen-bond donors (Lipinski definition) is 1. The van der Waals surface area contributed by atoms with E-state index in [1.165, 1.54) is 10.5 Å². The summed E-state index contributed by atoms with van der Waals surface area (Å²) in [7, 11) is 0. The van der Waals surface area contributed by atoms with Crippen molar-refractivity contribution in [1.82, 2.24) is 9.38 Å². The van der Waals surface area contributed by atoms with E-state index in [9.17, 15) is 9.59 Å². The molecule has 0 atom stereocenters. The summed E-state index contributed by atoms with van der Waals surface area (Å²) in [6.07, 6.45) is 1.71. The Bertz CT molecular complexity index is 1330. The number of nitrogens with one attached hydrogen (secondary N) is 1. The summed E-state index contributed by atoms with van der Waals surface area (Å²) in [5.74, 6) is 0.951. The lowest BCUT2D eigenvalue weighted by Gasteiger charge is -2.11. The lowest BCUT2D eigenvalue weighted by atomic mass is 10.2. The van der Waals surface area contributed by atoms with Gasteiger partial charge >= 0.3 is 0 Å². The Hall–Kier alpha value is -4.13. The first-order valence-electron chi connectivity index (χ1n) is 10.2. The van der Waals surface area contributed by atoms with Crippen LogP contribution in [0.3, 0.4) is 0 Å². The maximum absolute atomic E-state index is 12.3. The number of para-hydroxylation sites is 1. The molecular formula is C25H23N3O4. The molecule has 7 nitrogen and oxygen atoms in total. The van der Waals surface area contributed by atoms with E-state index in [0.717, 1.165) is 11.1 Å². The van der Waals surface area contributed by atoms with Crippen LogP contribution in [-0.2, 0) is 11.4 Å². The third kappa shape index (κ3) is 5.13. The van der Waals surface area contributed by atoms with Crippen LogP contribution in [0.1, 0.15) is 16.8 Å². The summed E-state index contributed by atoms with van der Waals surface area (Å²) in [6.45, 7) is 3.91. The van der Waals surface area contributed by atoms with Gasteiger partial charge in [-0.05, 0) is 55.3 Å². The van der Waals surface area contributed by atoms with Crippen LogP contribution in [0.2, 0.25) is 0 Å². The van der Waals surface area contributed by atoms with Crippen LogP contribution in [0.25, 0.3) is 5.65 Å². The number of amides is 1. The van der Waals surface area contributed by atoms with Crippen molar-refractivity contribution >= 4 is 17.2 Å². The van der Waals surface area contributed by atoms with E-state index in [0.29, 0.717) is 28.5 Å². The van der Waals surface area contributed by atoms with E-state index in [2.05, 4.69) is 10.3 Å². The molecule has 0 radical (unpaired) electrons. The average Bonchev–Trinajstić information content (AvgIpc) is 2.77. The number of aryl methyl sites for hydroxylation is 2. The number of anilines is 1. The lowest BCUT2D eigenvalue weighted by Crippen LogP contribution is -2.20. The van der Waals surface area contributed by atoms with Crippen molar-refractivity contribution in [1.29, 1.82) is 0 Å². The highest BCUT2D eigenvalue weighted by molar-refractivity contribution is 5.92. The van der Waals surface area contributed by atoms with E-state index < -0.39 is 0 Å². The molecule has 0 fully saturated rings. The quantitative estimate of drug-likeness (QED) is 0.482. The number of fused-ring (bicyclic) bond motifs is 1. The van der Waals surface area contributed by atoms with Crippen molar-refractivity contribution in [3.63, 3.8) is 0 Å². The van der Waals surface area contributed by atoms with Gasteiger partial charge in [0.05, 0.1) is 5.69 Å². The van der Waals surface area contributed by atoms with Gasteiger partial charge in [-0.25, -0.2) is 4.98 Å². The molecule has 32 heavy (non-hydrogen) atoms. The number of nitrogens with zero attached hydrogens (tertiary/aromatic N) is 2. The standard InChI is InChI=1S/C25H23N3O4/c1-17-10-11-28-23(12-17)26-20(14-25(28)30)15-31-21-8-5-7-19(13-21)27-24(29)16-32-22-9-4-3-6-18(22)2/h3-14H,15-16H2,1-2H3,(H,27,29). The van der Waals surface area contributed by atoms with Crippen molar-refractivity contribution in [2.24, 2.45) is 0 Å². The van der Waals surface area contributed by atoms with Gasteiger partial charge in [0.1, 0.15) is 23.8 Å². The van der Waals surface area contributed by atoms with Gasteiger partial charge in [-0.2, -0.15) is 0 Å². The van der Waals surface area contributed by atoms with Crippen molar-refractivity contribution in [2.45, 2.75) is 20.5 Å². The molecule has 1 N–H and O–H groups in total. The highest BCUT2D eigenvalue weighted by atomic mass is 16.5. The summed E-state index contributed by atoms with van der Waals surface area (Å²) in [5, 5.41) is 2.80. The molecule has 162 valence electrons. The lowest BCUT2D eigenvalue weighted by molar-refractivity contribution is -0.118. The molecule has 0 saturated carbocycles. The highest BCUT2D eigenvalue weighted by Gasteiger charge is 2.07. The zero-order chi connectivity index (χ0) is 22.5. The minimum absolute atomic E-state index is 0.0969. The number of benzene rings is 2. The van der Waals surface area contributed by atoms with Gasteiger partial charge in [-0.1, -0.05) is 24.3 Å². The largest absolute Gasteiger partial charge is 0.487 e. The van der Waals surface area contributed by atoms with Crippen molar-refractivity contribution in [3.05, 3.63) is 100 Å². The summed E-state index contributed by atoms with van der Waals surface area (Å²) in [4.78, 5) is 29.0. The first-order valence-corrected chi connectivity index (χ1v) is 10.2. The zero-order valence-electron chi connectivity index (χ0n) is 17.9. The van der Waals surface area contributed by atoms with Crippen molar-refractivity contribution in [3.8, 4) is 11.5 Å². The Kier molecular flexibility index (Phi) is 6.17. The Morgan fingerprint density at radius 1 is 1.00 bits per heavy atom. The van der Waals surface area contributed by atoms with Crippen molar-refractivity contribution in [2.75, 3.05) is 11.9 Å². The van der Waals surface area contributed by atoms with E-state index >= 15 is 0 Å². The monoisotopic (exact) mass is 429 g/mol. The Labute approximate surface area is 185 Å². The fourth-order valence-electron chi connectivity index (χ4n) is 3.21. The number of carbonyl (C=O) groups excluding carboxylic acids is 1. The molecule has 2 aromatic carbocycles. The van der Waals surface area contributed by atoms with Crippen LogP contribution >= 0.6 is 0 Å². The van der Waals surface area contributed by atoms with E-state index in [-0.39, 0.29) is 24.7 Å². The number of hydrogen-bond acceptors (Lipinski definition) is 5. The van der Waals surface area contributed by atoms with Crippen LogP contribution < -0.4 is 20.3 Å². The molecule has 0 bridgehead atoms. The molecule has 0 saturated heterocycles. The molecule has 0 aliphatic carbocycles. The second-order valence-electron chi connectivity index (χ2n) is 7.44. The smallest absolute Gasteiger partial charge is 0.262 e. The molecule has 4 aromatic rings. The van der Waals surface area contributed by atoms with E-state index in [1.54, 1.807) is 30.5 Å². The topological polar surface area (TPSA) is 81.9 Å². The molecule has 7 heteroatoms. The fourth-order valence-corrected chi connectivity index (χ4v) is 3.21. The molecule has 0 aliphatic rings. The summed E-state index contributed by atoms with van der Waals surface area (Å²) in [5.41, 5.74) is 3.51. The number of rotatable bonds is 7. The average molecular weight is 429 g/mol. The molecule has 0 unspecified atom stereocenters. The summed E-state index contributed by atoms with van der Waals surface area (Å²) >= 11 is 0. The number of ether oxygens (including phenoxy) is 2. The van der Waals surface area contributed by atoms with Crippen LogP contribution in [0, 0.1) is 13.8 Å². The van der Waals surface area contributed by atoms with Crippen LogP contribution in [0.4, 0.5) is 5.69 Å². The van der Waals surface area contributed by atoms with Gasteiger partial charge in [-0.3, -0.25) is 14.0 Å². The zero-order valence-corrected chi connectivity index (χ0v) is 17.9. The molecule has 2 aromatic heterocycles. The van der Waals surface area contributed by atoms with Gasteiger partial charge < -0.3 is 14.8 Å². The van der Waals surface area contributed by atoms with Gasteiger partial charge in [0, 0.05) is 24.0 Å². The summed E-state index contributed by atoms with van der Waals surface area (Å²) in [6, 6.07) is 19.7. The Morgan fingerprint density at radius 3 is 2.69 bits per heavy atom. The number of pyridine rings is 1. The number of carbonyl (C=O) groups is 1. The van der Waals surface area contributed by atoms with Gasteiger partial charge in [0.2, 0.25) is 0 Å². The third-order valence-corrected chi connectivity index (χ3v) is 4.83. The minimum Gasteiger partial charge on any atom is -0.487 e. The first-order chi connectivity index (χ1) is 15.5. The molecule has 2 heterocycles. The molecular weight excluding hydrogens is 406 g/mol. The van der Waals surface area contributed by atoms with Crippen LogP contribution in [0.15, 0.2) is 77.7 Å². The predicted octanol–water partition coefficient (Wildman–Crippen LogP) is 3.91. The summed E-state index contributed by atoms with van der Waals surface area (Å²) < 4.78 is 12.9. The molecule has 0 aliphatic heterocycles. The highest BCUT2D eigenvalue weighted by Crippen LogP contribution is 2.19. The molecule has 0 spiro atoms.